The van der Waals surface area contributed by atoms with Gasteiger partial charge in [-0.2, -0.15) is 0 Å². The zero-order valence-corrected chi connectivity index (χ0v) is 14.9. The Morgan fingerprint density at radius 2 is 1.95 bits per heavy atom. The normalized spacial score (nSPS) is 21.1. The van der Waals surface area contributed by atoms with Gasteiger partial charge in [0.05, 0.1) is 6.20 Å². The van der Waals surface area contributed by atoms with Gasteiger partial charge in [-0.05, 0) is 47.5 Å². The van der Waals surface area contributed by atoms with Gasteiger partial charge in [0.1, 0.15) is 16.7 Å². The molecule has 2 aromatic heterocycles. The number of thiazole rings is 1. The van der Waals surface area contributed by atoms with E-state index in [9.17, 15) is 0 Å². The third kappa shape index (κ3) is 3.08. The maximum Gasteiger partial charge on any atom is 0.188 e. The van der Waals surface area contributed by atoms with E-state index in [1.54, 1.807) is 23.9 Å². The molecule has 1 N–H and O–H groups in total. The van der Waals surface area contributed by atoms with Crippen LogP contribution in [0.2, 0.25) is 0 Å². The summed E-state index contributed by atoms with van der Waals surface area (Å²) in [5.74, 6) is 0. The molecule has 3 rings (SSSR count). The summed E-state index contributed by atoms with van der Waals surface area (Å²) < 4.78 is 0. The van der Waals surface area contributed by atoms with Crippen LogP contribution in [0.3, 0.4) is 0 Å². The largest absolute Gasteiger partial charge is 0.345 e. The van der Waals surface area contributed by atoms with Crippen molar-refractivity contribution in [2.75, 3.05) is 11.4 Å². The number of aromatic nitrogens is 3. The number of hydrogen-bond acceptors (Lipinski definition) is 6. The number of rotatable bonds is 3. The fraction of sp³-hybridized carbons (Fsp3) is 0.688. The molecule has 3 heterocycles. The summed E-state index contributed by atoms with van der Waals surface area (Å²) in [5.41, 5.74) is 1.17. The molecule has 2 aromatic rings. The fourth-order valence-corrected chi connectivity index (χ4v) is 4.86. The average Bonchev–Trinajstić information content (AvgIpc) is 2.79. The van der Waals surface area contributed by atoms with Crippen LogP contribution in [0.5, 0.6) is 0 Å². The molecule has 1 aliphatic heterocycles. The van der Waals surface area contributed by atoms with Crippen LogP contribution in [0.1, 0.15) is 47.5 Å². The van der Waals surface area contributed by atoms with Crippen molar-refractivity contribution in [1.29, 1.82) is 0 Å². The zero-order valence-electron chi connectivity index (χ0n) is 14.1. The minimum Gasteiger partial charge on any atom is -0.345 e. The highest BCUT2D eigenvalue weighted by Gasteiger charge is 2.40. The van der Waals surface area contributed by atoms with E-state index in [2.05, 4.69) is 54.8 Å². The molecular weight excluding hydrogens is 294 g/mol. The van der Waals surface area contributed by atoms with Gasteiger partial charge in [0.2, 0.25) is 0 Å². The van der Waals surface area contributed by atoms with Gasteiger partial charge in [0.15, 0.2) is 5.13 Å². The van der Waals surface area contributed by atoms with E-state index in [-0.39, 0.29) is 11.1 Å². The summed E-state index contributed by atoms with van der Waals surface area (Å²) in [6.45, 7) is 12.3. The molecule has 1 aliphatic rings. The molecule has 5 nitrogen and oxygen atoms in total. The van der Waals surface area contributed by atoms with Crippen molar-refractivity contribution in [3.05, 3.63) is 12.5 Å². The lowest BCUT2D eigenvalue weighted by Crippen LogP contribution is -2.62. The van der Waals surface area contributed by atoms with Crippen LogP contribution in [-0.4, -0.2) is 38.6 Å². The van der Waals surface area contributed by atoms with Crippen LogP contribution >= 0.6 is 11.3 Å². The molecule has 0 bridgehead atoms. The van der Waals surface area contributed by atoms with Crippen LogP contribution in [0.4, 0.5) is 5.13 Å². The molecular formula is C16H25N5S. The summed E-state index contributed by atoms with van der Waals surface area (Å²) in [4.78, 5) is 16.6. The van der Waals surface area contributed by atoms with Gasteiger partial charge >= 0.3 is 0 Å². The van der Waals surface area contributed by atoms with Crippen molar-refractivity contribution in [2.45, 2.75) is 64.6 Å². The van der Waals surface area contributed by atoms with E-state index >= 15 is 0 Å². The molecule has 0 saturated carbocycles. The quantitative estimate of drug-likeness (QED) is 0.941. The van der Waals surface area contributed by atoms with E-state index in [4.69, 9.17) is 4.98 Å². The summed E-state index contributed by atoms with van der Waals surface area (Å²) >= 11 is 1.67. The summed E-state index contributed by atoms with van der Waals surface area (Å²) in [6, 6.07) is 0.491. The number of hydrogen-bond donors (Lipinski definition) is 1. The van der Waals surface area contributed by atoms with Crippen molar-refractivity contribution < 1.29 is 0 Å². The summed E-state index contributed by atoms with van der Waals surface area (Å²) in [6.07, 6.45) is 5.63. The number of anilines is 1. The molecule has 1 fully saturated rings. The Kier molecular flexibility index (Phi) is 3.85. The van der Waals surface area contributed by atoms with Gasteiger partial charge in [-0.15, -0.1) is 0 Å². The molecule has 0 atom stereocenters. The van der Waals surface area contributed by atoms with Crippen LogP contribution in [0.15, 0.2) is 12.5 Å². The Bertz CT molecular complexity index is 614. The SMILES string of the molecule is CCN(c1nc2cncnc2s1)C1CC(C)(C)NC(C)(C)C1. The number of nitrogens with one attached hydrogen (secondary N) is 1. The second kappa shape index (κ2) is 5.42. The maximum atomic E-state index is 4.75. The topological polar surface area (TPSA) is 53.9 Å². The molecule has 0 aliphatic carbocycles. The van der Waals surface area contributed by atoms with Crippen molar-refractivity contribution >= 4 is 26.8 Å². The van der Waals surface area contributed by atoms with E-state index in [0.717, 1.165) is 34.9 Å². The summed E-state index contributed by atoms with van der Waals surface area (Å²) in [5, 5.41) is 4.82. The second-order valence-corrected chi connectivity index (χ2v) is 8.41. The molecule has 22 heavy (non-hydrogen) atoms. The minimum absolute atomic E-state index is 0.135. The van der Waals surface area contributed by atoms with E-state index < -0.39 is 0 Å². The predicted molar refractivity (Wildman–Crippen MR) is 92.5 cm³/mol. The van der Waals surface area contributed by atoms with Gasteiger partial charge < -0.3 is 10.2 Å². The molecule has 0 amide bonds. The van der Waals surface area contributed by atoms with Gasteiger partial charge in [-0.25, -0.2) is 15.0 Å². The molecule has 1 saturated heterocycles. The molecule has 6 heteroatoms. The highest BCUT2D eigenvalue weighted by Crippen LogP contribution is 2.36. The summed E-state index contributed by atoms with van der Waals surface area (Å²) in [7, 11) is 0. The molecule has 0 radical (unpaired) electrons. The van der Waals surface area contributed by atoms with E-state index in [1.165, 1.54) is 0 Å². The minimum atomic E-state index is 0.135. The second-order valence-electron chi connectivity index (χ2n) is 7.45. The van der Waals surface area contributed by atoms with Crippen LogP contribution in [0, 0.1) is 0 Å². The van der Waals surface area contributed by atoms with Gasteiger partial charge in [0.25, 0.3) is 0 Å². The van der Waals surface area contributed by atoms with Crippen molar-refractivity contribution in [3.63, 3.8) is 0 Å². The number of nitrogens with zero attached hydrogens (tertiary/aromatic N) is 4. The Balaban J connectivity index is 1.93. The molecule has 0 spiro atoms. The smallest absolute Gasteiger partial charge is 0.188 e. The Morgan fingerprint density at radius 3 is 2.55 bits per heavy atom. The first-order chi connectivity index (χ1) is 10.3. The van der Waals surface area contributed by atoms with Crippen LogP contribution < -0.4 is 10.2 Å². The van der Waals surface area contributed by atoms with Crippen molar-refractivity contribution in [1.82, 2.24) is 20.3 Å². The predicted octanol–water partition coefficient (Wildman–Crippen LogP) is 3.22. The first-order valence-corrected chi connectivity index (χ1v) is 8.74. The molecule has 0 unspecified atom stereocenters. The zero-order chi connectivity index (χ0) is 16.0. The lowest BCUT2D eigenvalue weighted by molar-refractivity contribution is 0.159. The van der Waals surface area contributed by atoms with Crippen molar-refractivity contribution in [3.8, 4) is 0 Å². The Hall–Kier alpha value is -1.27. The Morgan fingerprint density at radius 1 is 1.27 bits per heavy atom. The third-order valence-electron chi connectivity index (χ3n) is 4.26. The lowest BCUT2D eigenvalue weighted by Gasteiger charge is -2.49. The first kappa shape index (κ1) is 15.6. The van der Waals surface area contributed by atoms with Gasteiger partial charge in [-0.1, -0.05) is 11.3 Å². The van der Waals surface area contributed by atoms with Crippen LogP contribution in [-0.2, 0) is 0 Å². The van der Waals surface area contributed by atoms with Gasteiger partial charge in [0, 0.05) is 23.7 Å². The number of piperidine rings is 1. The van der Waals surface area contributed by atoms with E-state index in [0.29, 0.717) is 6.04 Å². The standard InChI is InChI=1S/C16H25N5S/c1-6-21(11-7-15(2,3)20-16(4,5)8-11)14-19-12-9-17-10-18-13(12)22-14/h9-11,20H,6-8H2,1-5H3. The molecule has 120 valence electrons. The Labute approximate surface area is 136 Å². The highest BCUT2D eigenvalue weighted by atomic mass is 32.1. The van der Waals surface area contributed by atoms with Gasteiger partial charge in [-0.3, -0.25) is 0 Å². The van der Waals surface area contributed by atoms with E-state index in [1.807, 2.05) is 0 Å². The lowest BCUT2D eigenvalue weighted by atomic mass is 9.79. The van der Waals surface area contributed by atoms with Crippen molar-refractivity contribution in [2.24, 2.45) is 0 Å². The number of fused-ring (bicyclic) bond motifs is 1. The maximum absolute atomic E-state index is 4.75. The highest BCUT2D eigenvalue weighted by molar-refractivity contribution is 7.21. The molecule has 0 aromatic carbocycles. The average molecular weight is 319 g/mol. The van der Waals surface area contributed by atoms with Crippen LogP contribution in [0.25, 0.3) is 10.3 Å². The monoisotopic (exact) mass is 319 g/mol. The first-order valence-electron chi connectivity index (χ1n) is 7.92. The fourth-order valence-electron chi connectivity index (χ4n) is 3.84. The third-order valence-corrected chi connectivity index (χ3v) is 5.27.